The molecule has 1 aromatic heterocycles. The number of carbonyl (C=O) groups is 1. The van der Waals surface area contributed by atoms with Gasteiger partial charge < -0.3 is 9.88 Å². The summed E-state index contributed by atoms with van der Waals surface area (Å²) >= 11 is 5.94. The average Bonchev–Trinajstić information content (AvgIpc) is 2.95. The van der Waals surface area contributed by atoms with Crippen LogP contribution in [0.1, 0.15) is 28.8 Å². The number of hydrogen-bond donors (Lipinski definition) is 1. The number of amides is 1. The Kier molecular flexibility index (Phi) is 4.45. The summed E-state index contributed by atoms with van der Waals surface area (Å²) in [6.45, 7) is 6.28. The molecule has 0 radical (unpaired) electrons. The molecule has 116 valence electrons. The molecule has 1 aliphatic rings. The number of rotatable bonds is 4. The lowest BCUT2D eigenvalue weighted by Gasteiger charge is -2.25. The summed E-state index contributed by atoms with van der Waals surface area (Å²) in [4.78, 5) is 19.0. The number of aromatic nitrogens is 2. The Labute approximate surface area is 134 Å². The number of benzene rings is 1. The summed E-state index contributed by atoms with van der Waals surface area (Å²) in [6.07, 6.45) is 1.84. The number of carbonyl (C=O) groups excluding carboxylic acids is 1. The zero-order valence-corrected chi connectivity index (χ0v) is 13.3. The fourth-order valence-electron chi connectivity index (χ4n) is 2.60. The van der Waals surface area contributed by atoms with Gasteiger partial charge in [-0.3, -0.25) is 9.69 Å². The van der Waals surface area contributed by atoms with Crippen molar-refractivity contribution in [1.82, 2.24) is 19.8 Å². The van der Waals surface area contributed by atoms with Crippen LogP contribution in [0.15, 0.2) is 30.5 Å². The first-order chi connectivity index (χ1) is 10.7. The maximum absolute atomic E-state index is 12.2. The molecule has 22 heavy (non-hydrogen) atoms. The highest BCUT2D eigenvalue weighted by Crippen LogP contribution is 2.13. The van der Waals surface area contributed by atoms with E-state index in [-0.39, 0.29) is 5.91 Å². The van der Waals surface area contributed by atoms with Crippen LogP contribution in [0.4, 0.5) is 0 Å². The molecule has 0 atom stereocenters. The second-order valence-corrected chi connectivity index (χ2v) is 5.85. The van der Waals surface area contributed by atoms with Crippen molar-refractivity contribution in [3.8, 4) is 0 Å². The largest absolute Gasteiger partial charge is 0.347 e. The number of fused-ring (bicyclic) bond motifs is 1. The summed E-state index contributed by atoms with van der Waals surface area (Å²) in [5.74, 6) is 0.811. The van der Waals surface area contributed by atoms with Crippen LogP contribution >= 0.6 is 11.6 Å². The Balaban J connectivity index is 1.65. The molecule has 0 aliphatic carbocycles. The van der Waals surface area contributed by atoms with Gasteiger partial charge in [0.1, 0.15) is 11.5 Å². The number of likely N-dealkylation sites (N-methyl/N-ethyl adjacent to an activating group) is 1. The normalized spacial score (nSPS) is 14.6. The molecule has 2 heterocycles. The minimum absolute atomic E-state index is 0.148. The van der Waals surface area contributed by atoms with Gasteiger partial charge in [0.05, 0.1) is 6.54 Å². The predicted octanol–water partition coefficient (Wildman–Crippen LogP) is 2.30. The Morgan fingerprint density at radius 2 is 2.27 bits per heavy atom. The predicted molar refractivity (Wildman–Crippen MR) is 85.8 cm³/mol. The van der Waals surface area contributed by atoms with E-state index in [9.17, 15) is 4.79 Å². The van der Waals surface area contributed by atoms with Gasteiger partial charge in [-0.2, -0.15) is 0 Å². The van der Waals surface area contributed by atoms with E-state index in [1.165, 1.54) is 0 Å². The molecule has 0 spiro atoms. The minimum atomic E-state index is -0.148. The summed E-state index contributed by atoms with van der Waals surface area (Å²) in [5.41, 5.74) is 1.46. The number of hydrogen-bond acceptors (Lipinski definition) is 3. The van der Waals surface area contributed by atoms with Gasteiger partial charge in [0.15, 0.2) is 0 Å². The van der Waals surface area contributed by atoms with Gasteiger partial charge >= 0.3 is 0 Å². The molecule has 3 rings (SSSR count). The minimum Gasteiger partial charge on any atom is -0.347 e. The fraction of sp³-hybridized carbons (Fsp3) is 0.375. The van der Waals surface area contributed by atoms with Gasteiger partial charge in [0.25, 0.3) is 5.91 Å². The van der Waals surface area contributed by atoms with Gasteiger partial charge in [0, 0.05) is 30.9 Å². The topological polar surface area (TPSA) is 50.2 Å². The fourth-order valence-corrected chi connectivity index (χ4v) is 2.81. The van der Waals surface area contributed by atoms with Crippen LogP contribution in [0.3, 0.4) is 0 Å². The highest BCUT2D eigenvalue weighted by atomic mass is 35.5. The van der Waals surface area contributed by atoms with Gasteiger partial charge in [-0.1, -0.05) is 30.7 Å². The van der Waals surface area contributed by atoms with Crippen molar-refractivity contribution in [2.24, 2.45) is 0 Å². The molecule has 0 fully saturated rings. The molecule has 0 unspecified atom stereocenters. The summed E-state index contributed by atoms with van der Waals surface area (Å²) < 4.78 is 2.07. The molecule has 0 saturated heterocycles. The summed E-state index contributed by atoms with van der Waals surface area (Å²) in [6, 6.07) is 7.47. The van der Waals surface area contributed by atoms with E-state index < -0.39 is 0 Å². The molecule has 2 aromatic rings. The van der Waals surface area contributed by atoms with Crippen LogP contribution in [0, 0.1) is 0 Å². The van der Waals surface area contributed by atoms with Crippen molar-refractivity contribution < 1.29 is 4.79 Å². The Hall–Kier alpha value is -1.85. The molecule has 5 nitrogen and oxygen atoms in total. The molecule has 0 bridgehead atoms. The highest BCUT2D eigenvalue weighted by Gasteiger charge is 2.19. The van der Waals surface area contributed by atoms with Crippen LogP contribution in [-0.2, 0) is 19.6 Å². The van der Waals surface area contributed by atoms with Crippen LogP contribution in [0.2, 0.25) is 5.02 Å². The van der Waals surface area contributed by atoms with E-state index in [1.54, 1.807) is 0 Å². The third-order valence-corrected chi connectivity index (χ3v) is 4.14. The number of imidazole rings is 1. The molecule has 0 saturated carbocycles. The first-order valence-electron chi connectivity index (χ1n) is 7.46. The SMILES string of the molecule is CCN1CCn2cc(C(=O)NCc3cccc(Cl)c3)nc2C1. The van der Waals surface area contributed by atoms with E-state index in [1.807, 2.05) is 30.5 Å². The molecule has 1 aromatic carbocycles. The Morgan fingerprint density at radius 1 is 1.41 bits per heavy atom. The number of nitrogens with one attached hydrogen (secondary N) is 1. The lowest BCUT2D eigenvalue weighted by Crippen LogP contribution is -2.33. The van der Waals surface area contributed by atoms with Gasteiger partial charge in [0.2, 0.25) is 0 Å². The Bertz CT molecular complexity index is 683. The molecule has 6 heteroatoms. The smallest absolute Gasteiger partial charge is 0.271 e. The molecule has 1 aliphatic heterocycles. The highest BCUT2D eigenvalue weighted by molar-refractivity contribution is 6.30. The van der Waals surface area contributed by atoms with Crippen molar-refractivity contribution in [2.45, 2.75) is 26.6 Å². The number of nitrogens with zero attached hydrogens (tertiary/aromatic N) is 3. The third-order valence-electron chi connectivity index (χ3n) is 3.90. The average molecular weight is 319 g/mol. The van der Waals surface area contributed by atoms with Gasteiger partial charge in [-0.25, -0.2) is 4.98 Å². The van der Waals surface area contributed by atoms with E-state index in [0.29, 0.717) is 17.3 Å². The van der Waals surface area contributed by atoms with Crippen molar-refractivity contribution in [3.05, 3.63) is 52.6 Å². The zero-order chi connectivity index (χ0) is 15.5. The van der Waals surface area contributed by atoms with E-state index in [2.05, 4.69) is 26.7 Å². The quantitative estimate of drug-likeness (QED) is 0.941. The van der Waals surface area contributed by atoms with Crippen molar-refractivity contribution >= 4 is 17.5 Å². The summed E-state index contributed by atoms with van der Waals surface area (Å²) in [5, 5.41) is 3.56. The van der Waals surface area contributed by atoms with Crippen LogP contribution in [0.5, 0.6) is 0 Å². The second kappa shape index (κ2) is 6.50. The molecular formula is C16H19ClN4O. The monoisotopic (exact) mass is 318 g/mol. The lowest BCUT2D eigenvalue weighted by molar-refractivity contribution is 0.0946. The third kappa shape index (κ3) is 3.31. The van der Waals surface area contributed by atoms with Crippen molar-refractivity contribution in [3.63, 3.8) is 0 Å². The molecule has 1 amide bonds. The van der Waals surface area contributed by atoms with Crippen molar-refractivity contribution in [1.29, 1.82) is 0 Å². The first-order valence-corrected chi connectivity index (χ1v) is 7.84. The Morgan fingerprint density at radius 3 is 3.05 bits per heavy atom. The number of halogens is 1. The van der Waals surface area contributed by atoms with E-state index >= 15 is 0 Å². The molecule has 1 N–H and O–H groups in total. The van der Waals surface area contributed by atoms with Crippen LogP contribution in [0.25, 0.3) is 0 Å². The molecular weight excluding hydrogens is 300 g/mol. The van der Waals surface area contributed by atoms with Gasteiger partial charge in [-0.05, 0) is 24.2 Å². The maximum Gasteiger partial charge on any atom is 0.271 e. The van der Waals surface area contributed by atoms with E-state index in [4.69, 9.17) is 11.6 Å². The van der Waals surface area contributed by atoms with E-state index in [0.717, 1.165) is 37.6 Å². The zero-order valence-electron chi connectivity index (χ0n) is 12.6. The maximum atomic E-state index is 12.2. The summed E-state index contributed by atoms with van der Waals surface area (Å²) in [7, 11) is 0. The van der Waals surface area contributed by atoms with Crippen LogP contribution in [-0.4, -0.2) is 33.4 Å². The van der Waals surface area contributed by atoms with Crippen LogP contribution < -0.4 is 5.32 Å². The van der Waals surface area contributed by atoms with Crippen molar-refractivity contribution in [2.75, 3.05) is 13.1 Å². The lowest BCUT2D eigenvalue weighted by atomic mass is 10.2. The standard InChI is InChI=1S/C16H19ClN4O/c1-2-20-6-7-21-10-14(19-15(21)11-20)16(22)18-9-12-4-3-5-13(17)8-12/h3-5,8,10H,2,6-7,9,11H2,1H3,(H,18,22). The second-order valence-electron chi connectivity index (χ2n) is 5.42. The van der Waals surface area contributed by atoms with Gasteiger partial charge in [-0.15, -0.1) is 0 Å². The first kappa shape index (κ1) is 15.1.